The number of likely N-dealkylation sites (tertiary alicyclic amines) is 1. The molecular weight excluding hydrogens is 408 g/mol. The lowest BCUT2D eigenvalue weighted by Crippen LogP contribution is -2.29. The van der Waals surface area contributed by atoms with Gasteiger partial charge in [0.1, 0.15) is 30.7 Å². The average Bonchev–Trinajstić information content (AvgIpc) is 3.52. The SMILES string of the molecule is O=C(Cc1nc(-c2ccc(OCCNCC(O)c3cccnc3)cc2)co1)N1CCCC1. The molecular formula is C24H28N4O4. The fourth-order valence-electron chi connectivity index (χ4n) is 3.63. The molecule has 1 aromatic carbocycles. The third-order valence-corrected chi connectivity index (χ3v) is 5.42. The van der Waals surface area contributed by atoms with E-state index in [1.54, 1.807) is 24.7 Å². The molecule has 0 saturated carbocycles. The van der Waals surface area contributed by atoms with Crippen molar-refractivity contribution in [3.8, 4) is 17.0 Å². The van der Waals surface area contributed by atoms with Gasteiger partial charge in [-0.2, -0.15) is 0 Å². The van der Waals surface area contributed by atoms with Crippen LogP contribution in [0.5, 0.6) is 5.75 Å². The molecule has 8 nitrogen and oxygen atoms in total. The third-order valence-electron chi connectivity index (χ3n) is 5.42. The van der Waals surface area contributed by atoms with Crippen LogP contribution in [-0.4, -0.2) is 58.7 Å². The molecule has 0 spiro atoms. The minimum Gasteiger partial charge on any atom is -0.492 e. The van der Waals surface area contributed by atoms with Crippen LogP contribution in [0.25, 0.3) is 11.3 Å². The first kappa shape index (κ1) is 22.0. The van der Waals surface area contributed by atoms with Gasteiger partial charge in [-0.05, 0) is 43.2 Å². The van der Waals surface area contributed by atoms with Gasteiger partial charge < -0.3 is 24.5 Å². The molecule has 168 valence electrons. The predicted molar refractivity (Wildman–Crippen MR) is 119 cm³/mol. The number of rotatable bonds is 10. The smallest absolute Gasteiger partial charge is 0.231 e. The molecule has 1 fully saturated rings. The van der Waals surface area contributed by atoms with E-state index in [4.69, 9.17) is 9.15 Å². The third kappa shape index (κ3) is 5.93. The molecule has 32 heavy (non-hydrogen) atoms. The summed E-state index contributed by atoms with van der Waals surface area (Å²) >= 11 is 0. The van der Waals surface area contributed by atoms with Gasteiger partial charge in [-0.3, -0.25) is 9.78 Å². The van der Waals surface area contributed by atoms with Crippen molar-refractivity contribution >= 4 is 5.91 Å². The number of benzene rings is 1. The van der Waals surface area contributed by atoms with Gasteiger partial charge in [0.15, 0.2) is 0 Å². The number of carbonyl (C=O) groups excluding carboxylic acids is 1. The molecule has 3 heterocycles. The minimum absolute atomic E-state index is 0.0706. The first-order valence-corrected chi connectivity index (χ1v) is 10.9. The Labute approximate surface area is 187 Å². The fourth-order valence-corrected chi connectivity index (χ4v) is 3.63. The number of hydrogen-bond donors (Lipinski definition) is 2. The van der Waals surface area contributed by atoms with Crippen LogP contribution >= 0.6 is 0 Å². The van der Waals surface area contributed by atoms with Gasteiger partial charge in [0, 0.05) is 49.7 Å². The Kier molecular flexibility index (Phi) is 7.47. The van der Waals surface area contributed by atoms with E-state index in [2.05, 4.69) is 15.3 Å². The summed E-state index contributed by atoms with van der Waals surface area (Å²) in [5.74, 6) is 1.26. The van der Waals surface area contributed by atoms with Crippen LogP contribution in [0, 0.1) is 0 Å². The highest BCUT2D eigenvalue weighted by Gasteiger charge is 2.20. The Balaban J connectivity index is 1.20. The van der Waals surface area contributed by atoms with Gasteiger partial charge in [0.25, 0.3) is 0 Å². The minimum atomic E-state index is -0.596. The van der Waals surface area contributed by atoms with Gasteiger partial charge in [-0.25, -0.2) is 4.98 Å². The number of hydrogen-bond acceptors (Lipinski definition) is 7. The predicted octanol–water partition coefficient (Wildman–Crippen LogP) is 2.60. The number of amides is 1. The van der Waals surface area contributed by atoms with Crippen LogP contribution < -0.4 is 10.1 Å². The summed E-state index contributed by atoms with van der Waals surface area (Å²) in [4.78, 5) is 22.6. The van der Waals surface area contributed by atoms with Crippen LogP contribution in [0.2, 0.25) is 0 Å². The molecule has 4 rings (SSSR count). The van der Waals surface area contributed by atoms with Crippen molar-refractivity contribution in [2.24, 2.45) is 0 Å². The van der Waals surface area contributed by atoms with Crippen LogP contribution in [0.1, 0.15) is 30.4 Å². The fraction of sp³-hybridized carbons (Fsp3) is 0.375. The molecule has 1 unspecified atom stereocenters. The molecule has 3 aromatic rings. The summed E-state index contributed by atoms with van der Waals surface area (Å²) in [6, 6.07) is 11.2. The molecule has 1 saturated heterocycles. The van der Waals surface area contributed by atoms with Gasteiger partial charge in [-0.1, -0.05) is 6.07 Å². The van der Waals surface area contributed by atoms with Crippen LogP contribution in [0.4, 0.5) is 0 Å². The highest BCUT2D eigenvalue weighted by molar-refractivity contribution is 5.78. The number of aliphatic hydroxyl groups is 1. The maximum absolute atomic E-state index is 12.2. The zero-order valence-corrected chi connectivity index (χ0v) is 17.9. The second-order valence-electron chi connectivity index (χ2n) is 7.77. The molecule has 0 bridgehead atoms. The topological polar surface area (TPSA) is 101 Å². The van der Waals surface area contributed by atoms with Crippen molar-refractivity contribution in [1.29, 1.82) is 0 Å². The highest BCUT2D eigenvalue weighted by atomic mass is 16.5. The van der Waals surface area contributed by atoms with Crippen molar-refractivity contribution in [2.45, 2.75) is 25.4 Å². The number of oxazole rings is 1. The van der Waals surface area contributed by atoms with E-state index < -0.39 is 6.10 Å². The summed E-state index contributed by atoms with van der Waals surface area (Å²) in [7, 11) is 0. The molecule has 1 aliphatic heterocycles. The quantitative estimate of drug-likeness (QED) is 0.471. The van der Waals surface area contributed by atoms with E-state index >= 15 is 0 Å². The lowest BCUT2D eigenvalue weighted by Gasteiger charge is -2.13. The van der Waals surface area contributed by atoms with E-state index in [-0.39, 0.29) is 12.3 Å². The van der Waals surface area contributed by atoms with E-state index in [9.17, 15) is 9.90 Å². The molecule has 0 aliphatic carbocycles. The molecule has 1 amide bonds. The van der Waals surface area contributed by atoms with E-state index in [1.165, 1.54) is 0 Å². The van der Waals surface area contributed by atoms with E-state index in [0.717, 1.165) is 42.8 Å². The number of nitrogens with one attached hydrogen (secondary N) is 1. The second kappa shape index (κ2) is 10.9. The van der Waals surface area contributed by atoms with Crippen LogP contribution in [-0.2, 0) is 11.2 Å². The van der Waals surface area contributed by atoms with E-state index in [0.29, 0.717) is 31.3 Å². The number of aromatic nitrogens is 2. The lowest BCUT2D eigenvalue weighted by molar-refractivity contribution is -0.129. The number of carbonyl (C=O) groups is 1. The largest absolute Gasteiger partial charge is 0.492 e. The monoisotopic (exact) mass is 436 g/mol. The Morgan fingerprint density at radius 2 is 2.03 bits per heavy atom. The van der Waals surface area contributed by atoms with E-state index in [1.807, 2.05) is 35.2 Å². The number of ether oxygens (including phenoxy) is 1. The second-order valence-corrected chi connectivity index (χ2v) is 7.77. The van der Waals surface area contributed by atoms with Crippen molar-refractivity contribution in [3.05, 3.63) is 66.5 Å². The zero-order valence-electron chi connectivity index (χ0n) is 17.9. The Hall–Kier alpha value is -3.23. The van der Waals surface area contributed by atoms with Crippen LogP contribution in [0.15, 0.2) is 59.5 Å². The molecule has 0 radical (unpaired) electrons. The first-order valence-electron chi connectivity index (χ1n) is 10.9. The Morgan fingerprint density at radius 3 is 2.78 bits per heavy atom. The lowest BCUT2D eigenvalue weighted by atomic mass is 10.1. The van der Waals surface area contributed by atoms with Crippen molar-refractivity contribution < 1.29 is 19.1 Å². The number of pyridine rings is 1. The van der Waals surface area contributed by atoms with Gasteiger partial charge in [-0.15, -0.1) is 0 Å². The Bertz CT molecular complexity index is 985. The molecule has 2 N–H and O–H groups in total. The van der Waals surface area contributed by atoms with Gasteiger partial charge in [0.05, 0.1) is 6.10 Å². The summed E-state index contributed by atoms with van der Waals surface area (Å²) in [6.07, 6.45) is 6.67. The zero-order chi connectivity index (χ0) is 22.2. The van der Waals surface area contributed by atoms with Crippen molar-refractivity contribution in [2.75, 3.05) is 32.8 Å². The average molecular weight is 437 g/mol. The maximum Gasteiger partial charge on any atom is 0.231 e. The summed E-state index contributed by atoms with van der Waals surface area (Å²) in [5, 5.41) is 13.3. The van der Waals surface area contributed by atoms with Gasteiger partial charge >= 0.3 is 0 Å². The molecule has 1 aliphatic rings. The van der Waals surface area contributed by atoms with Crippen molar-refractivity contribution in [1.82, 2.24) is 20.2 Å². The number of aliphatic hydroxyl groups excluding tert-OH is 1. The van der Waals surface area contributed by atoms with Crippen molar-refractivity contribution in [3.63, 3.8) is 0 Å². The summed E-state index contributed by atoms with van der Waals surface area (Å²) in [5.41, 5.74) is 2.39. The summed E-state index contributed by atoms with van der Waals surface area (Å²) < 4.78 is 11.2. The Morgan fingerprint density at radius 1 is 1.22 bits per heavy atom. The molecule has 1 atom stereocenters. The first-order chi connectivity index (χ1) is 15.7. The standard InChI is InChI=1S/C24H28N4O4/c29-22(19-4-3-9-25-15-19)16-26-10-13-31-20-7-5-18(6-8-20)21-17-32-23(27-21)14-24(30)28-11-1-2-12-28/h3-9,15,17,22,26,29H,1-2,10-14,16H2. The summed E-state index contributed by atoms with van der Waals surface area (Å²) in [6.45, 7) is 3.17. The normalized spacial score (nSPS) is 14.5. The maximum atomic E-state index is 12.2. The van der Waals surface area contributed by atoms with Crippen LogP contribution in [0.3, 0.4) is 0 Å². The van der Waals surface area contributed by atoms with Gasteiger partial charge in [0.2, 0.25) is 11.8 Å². The number of nitrogens with zero attached hydrogens (tertiary/aromatic N) is 3. The highest BCUT2D eigenvalue weighted by Crippen LogP contribution is 2.22. The molecule has 2 aromatic heterocycles. The molecule has 8 heteroatoms.